The van der Waals surface area contributed by atoms with Crippen molar-refractivity contribution in [3.63, 3.8) is 0 Å². The van der Waals surface area contributed by atoms with Gasteiger partial charge in [0.05, 0.1) is 5.25 Å². The molecule has 0 radical (unpaired) electrons. The first-order valence-electron chi connectivity index (χ1n) is 4.92. The molecule has 0 bridgehead atoms. The standard InChI is InChI=1S/C9H15ClO3S/c10-9(11)7-14(12,13)8-5-3-1-2-4-6-8/h8H,1-7H2. The first-order chi connectivity index (χ1) is 6.52. The quantitative estimate of drug-likeness (QED) is 0.557. The molecule has 1 rings (SSSR count). The van der Waals surface area contributed by atoms with Crippen molar-refractivity contribution in [1.29, 1.82) is 0 Å². The van der Waals surface area contributed by atoms with Crippen LogP contribution in [-0.4, -0.2) is 24.7 Å². The minimum atomic E-state index is -3.29. The molecule has 82 valence electrons. The molecule has 3 nitrogen and oxygen atoms in total. The van der Waals surface area contributed by atoms with E-state index in [0.29, 0.717) is 12.8 Å². The summed E-state index contributed by atoms with van der Waals surface area (Å²) >= 11 is 5.10. The molecule has 0 aromatic rings. The Morgan fingerprint density at radius 3 is 2.07 bits per heavy atom. The van der Waals surface area contributed by atoms with Gasteiger partial charge < -0.3 is 0 Å². The van der Waals surface area contributed by atoms with Gasteiger partial charge in [0.25, 0.3) is 0 Å². The Kier molecular flexibility index (Phi) is 4.38. The van der Waals surface area contributed by atoms with Gasteiger partial charge >= 0.3 is 0 Å². The number of hydrogen-bond donors (Lipinski definition) is 0. The second-order valence-corrected chi connectivity index (χ2v) is 6.48. The molecule has 0 atom stereocenters. The summed E-state index contributed by atoms with van der Waals surface area (Å²) in [7, 11) is -3.29. The molecule has 0 N–H and O–H groups in total. The van der Waals surface area contributed by atoms with Gasteiger partial charge in [0, 0.05) is 0 Å². The van der Waals surface area contributed by atoms with E-state index in [-0.39, 0.29) is 5.25 Å². The summed E-state index contributed by atoms with van der Waals surface area (Å²) in [5.41, 5.74) is 0. The van der Waals surface area contributed by atoms with Crippen LogP contribution in [0.15, 0.2) is 0 Å². The number of halogens is 1. The van der Waals surface area contributed by atoms with Crippen LogP contribution in [0.3, 0.4) is 0 Å². The lowest BCUT2D eigenvalue weighted by atomic mass is 10.2. The van der Waals surface area contributed by atoms with E-state index in [0.717, 1.165) is 25.7 Å². The average molecular weight is 239 g/mol. The third kappa shape index (κ3) is 3.58. The van der Waals surface area contributed by atoms with Gasteiger partial charge in [-0.15, -0.1) is 0 Å². The Bertz CT molecular complexity index is 289. The van der Waals surface area contributed by atoms with Gasteiger partial charge in [0.15, 0.2) is 9.84 Å². The van der Waals surface area contributed by atoms with Crippen LogP contribution < -0.4 is 0 Å². The highest BCUT2D eigenvalue weighted by Gasteiger charge is 2.27. The van der Waals surface area contributed by atoms with Crippen molar-refractivity contribution < 1.29 is 13.2 Å². The third-order valence-corrected chi connectivity index (χ3v) is 5.07. The SMILES string of the molecule is O=C(Cl)CS(=O)(=O)C1CCCCCC1. The van der Waals surface area contributed by atoms with Crippen LogP contribution in [0.1, 0.15) is 38.5 Å². The molecule has 14 heavy (non-hydrogen) atoms. The van der Waals surface area contributed by atoms with Crippen LogP contribution in [0.2, 0.25) is 0 Å². The largest absolute Gasteiger partial charge is 0.280 e. The van der Waals surface area contributed by atoms with E-state index in [4.69, 9.17) is 11.6 Å². The topological polar surface area (TPSA) is 51.2 Å². The van der Waals surface area contributed by atoms with Crippen molar-refractivity contribution in [3.8, 4) is 0 Å². The molecular formula is C9H15ClO3S. The minimum absolute atomic E-state index is 0.340. The van der Waals surface area contributed by atoms with Crippen molar-refractivity contribution in [2.75, 3.05) is 5.75 Å². The molecular weight excluding hydrogens is 224 g/mol. The number of carbonyl (C=O) groups excluding carboxylic acids is 1. The number of rotatable bonds is 3. The van der Waals surface area contributed by atoms with E-state index in [1.54, 1.807) is 0 Å². The molecule has 0 aromatic carbocycles. The molecule has 1 aliphatic carbocycles. The van der Waals surface area contributed by atoms with Crippen molar-refractivity contribution >= 4 is 26.7 Å². The summed E-state index contributed by atoms with van der Waals surface area (Å²) < 4.78 is 23.3. The zero-order valence-electron chi connectivity index (χ0n) is 8.04. The number of sulfone groups is 1. The fourth-order valence-corrected chi connectivity index (χ4v) is 3.94. The predicted molar refractivity (Wildman–Crippen MR) is 56.1 cm³/mol. The molecule has 0 aromatic heterocycles. The van der Waals surface area contributed by atoms with Crippen LogP contribution >= 0.6 is 11.6 Å². The second kappa shape index (κ2) is 5.12. The van der Waals surface area contributed by atoms with Gasteiger partial charge in [0.2, 0.25) is 5.24 Å². The molecule has 1 fully saturated rings. The summed E-state index contributed by atoms with van der Waals surface area (Å²) in [5.74, 6) is -0.501. The van der Waals surface area contributed by atoms with Gasteiger partial charge in [-0.1, -0.05) is 25.7 Å². The summed E-state index contributed by atoms with van der Waals surface area (Å²) in [4.78, 5) is 10.6. The smallest absolute Gasteiger partial charge is 0.236 e. The fourth-order valence-electron chi connectivity index (χ4n) is 1.88. The van der Waals surface area contributed by atoms with E-state index in [9.17, 15) is 13.2 Å². The Morgan fingerprint density at radius 1 is 1.14 bits per heavy atom. The Balaban J connectivity index is 2.64. The third-order valence-electron chi connectivity index (χ3n) is 2.62. The van der Waals surface area contributed by atoms with Crippen LogP contribution in [0, 0.1) is 0 Å². The number of hydrogen-bond acceptors (Lipinski definition) is 3. The summed E-state index contributed by atoms with van der Waals surface area (Å²) in [6.45, 7) is 0. The summed E-state index contributed by atoms with van der Waals surface area (Å²) in [5, 5.41) is -1.11. The van der Waals surface area contributed by atoms with Crippen LogP contribution in [-0.2, 0) is 14.6 Å². The van der Waals surface area contributed by atoms with Gasteiger partial charge in [-0.25, -0.2) is 8.42 Å². The lowest BCUT2D eigenvalue weighted by Gasteiger charge is -2.13. The molecule has 5 heteroatoms. The normalized spacial score (nSPS) is 20.4. The first kappa shape index (κ1) is 12.0. The Morgan fingerprint density at radius 2 is 1.64 bits per heavy atom. The van der Waals surface area contributed by atoms with Gasteiger partial charge in [-0.3, -0.25) is 4.79 Å². The second-order valence-electron chi connectivity index (χ2n) is 3.78. The van der Waals surface area contributed by atoms with E-state index in [1.807, 2.05) is 0 Å². The highest BCUT2D eigenvalue weighted by molar-refractivity contribution is 7.92. The molecule has 0 saturated heterocycles. The van der Waals surface area contributed by atoms with Gasteiger partial charge in [0.1, 0.15) is 5.75 Å². The van der Waals surface area contributed by atoms with E-state index < -0.39 is 20.8 Å². The highest BCUT2D eigenvalue weighted by atomic mass is 35.5. The predicted octanol–water partition coefficient (Wildman–Crippen LogP) is 1.89. The highest BCUT2D eigenvalue weighted by Crippen LogP contribution is 2.23. The van der Waals surface area contributed by atoms with Crippen molar-refractivity contribution in [2.24, 2.45) is 0 Å². The zero-order valence-corrected chi connectivity index (χ0v) is 9.61. The van der Waals surface area contributed by atoms with Gasteiger partial charge in [-0.2, -0.15) is 0 Å². The summed E-state index contributed by atoms with van der Waals surface area (Å²) in [6, 6.07) is 0. The van der Waals surface area contributed by atoms with Crippen LogP contribution in [0.5, 0.6) is 0 Å². The van der Waals surface area contributed by atoms with Crippen LogP contribution in [0.4, 0.5) is 0 Å². The molecule has 1 aliphatic rings. The molecule has 0 amide bonds. The minimum Gasteiger partial charge on any atom is -0.280 e. The lowest BCUT2D eigenvalue weighted by Crippen LogP contribution is -2.26. The summed E-state index contributed by atoms with van der Waals surface area (Å²) in [6.07, 6.45) is 5.46. The lowest BCUT2D eigenvalue weighted by molar-refractivity contribution is -0.109. The first-order valence-corrected chi connectivity index (χ1v) is 7.01. The fraction of sp³-hybridized carbons (Fsp3) is 0.889. The maximum atomic E-state index is 11.6. The monoisotopic (exact) mass is 238 g/mol. The Hall–Kier alpha value is -0.0900. The Labute approximate surface area is 89.7 Å². The van der Waals surface area contributed by atoms with E-state index in [1.165, 1.54) is 0 Å². The molecule has 0 aliphatic heterocycles. The number of carbonyl (C=O) groups is 1. The maximum Gasteiger partial charge on any atom is 0.236 e. The average Bonchev–Trinajstić information content (AvgIpc) is 2.28. The van der Waals surface area contributed by atoms with E-state index >= 15 is 0 Å². The van der Waals surface area contributed by atoms with Crippen molar-refractivity contribution in [2.45, 2.75) is 43.8 Å². The zero-order chi connectivity index (χ0) is 10.6. The molecule has 0 unspecified atom stereocenters. The van der Waals surface area contributed by atoms with Crippen LogP contribution in [0.25, 0.3) is 0 Å². The van der Waals surface area contributed by atoms with E-state index in [2.05, 4.69) is 0 Å². The maximum absolute atomic E-state index is 11.6. The van der Waals surface area contributed by atoms with Gasteiger partial charge in [-0.05, 0) is 24.4 Å². The molecule has 1 saturated carbocycles. The molecule has 0 heterocycles. The van der Waals surface area contributed by atoms with Crippen molar-refractivity contribution in [3.05, 3.63) is 0 Å². The van der Waals surface area contributed by atoms with Crippen molar-refractivity contribution in [1.82, 2.24) is 0 Å². The molecule has 0 spiro atoms.